The van der Waals surface area contributed by atoms with Crippen molar-refractivity contribution in [3.05, 3.63) is 30.1 Å². The van der Waals surface area contributed by atoms with Crippen LogP contribution in [0.3, 0.4) is 0 Å². The van der Waals surface area contributed by atoms with Gasteiger partial charge in [0.25, 0.3) is 0 Å². The predicted molar refractivity (Wildman–Crippen MR) is 76.9 cm³/mol. The summed E-state index contributed by atoms with van der Waals surface area (Å²) < 4.78 is 13.2. The van der Waals surface area contributed by atoms with Crippen LogP contribution in [0.1, 0.15) is 33.6 Å². The molecule has 110 valence electrons. The summed E-state index contributed by atoms with van der Waals surface area (Å²) in [5.41, 5.74) is 0.467. The number of nitrogens with one attached hydrogen (secondary N) is 1. The third-order valence-electron chi connectivity index (χ3n) is 3.08. The highest BCUT2D eigenvalue weighted by Gasteiger charge is 2.14. The minimum atomic E-state index is -0.405. The van der Waals surface area contributed by atoms with Gasteiger partial charge in [0.1, 0.15) is 5.82 Å². The molecular weight excluding hydrogens is 259 g/mol. The minimum absolute atomic E-state index is 0.109. The molecule has 5 heteroatoms. The van der Waals surface area contributed by atoms with E-state index in [0.717, 1.165) is 6.42 Å². The maximum Gasteiger partial charge on any atom is 0.223 e. The van der Waals surface area contributed by atoms with Crippen LogP contribution in [0.25, 0.3) is 0 Å². The van der Waals surface area contributed by atoms with Crippen LogP contribution < -0.4 is 10.2 Å². The van der Waals surface area contributed by atoms with Crippen LogP contribution in [-0.4, -0.2) is 24.4 Å². The summed E-state index contributed by atoms with van der Waals surface area (Å²) in [6, 6.07) is 5.91. The maximum atomic E-state index is 13.2. The van der Waals surface area contributed by atoms with Gasteiger partial charge in [0.2, 0.25) is 11.8 Å². The lowest BCUT2D eigenvalue weighted by molar-refractivity contribution is -0.121. The van der Waals surface area contributed by atoms with E-state index in [9.17, 15) is 14.0 Å². The molecule has 1 aromatic rings. The Kier molecular flexibility index (Phi) is 6.15. The second kappa shape index (κ2) is 7.62. The molecule has 0 saturated heterocycles. The molecular formula is C15H21FN2O2. The summed E-state index contributed by atoms with van der Waals surface area (Å²) in [4.78, 5) is 24.7. The first-order valence-corrected chi connectivity index (χ1v) is 6.77. The van der Waals surface area contributed by atoms with Gasteiger partial charge in [0, 0.05) is 31.6 Å². The van der Waals surface area contributed by atoms with Crippen LogP contribution >= 0.6 is 0 Å². The Morgan fingerprint density at radius 2 is 2.10 bits per heavy atom. The fraction of sp³-hybridized carbons (Fsp3) is 0.467. The molecule has 0 aliphatic heterocycles. The second-order valence-electron chi connectivity index (χ2n) is 4.78. The van der Waals surface area contributed by atoms with E-state index in [1.165, 1.54) is 24.0 Å². The molecule has 0 radical (unpaired) electrons. The van der Waals surface area contributed by atoms with Gasteiger partial charge in [0.05, 0.1) is 0 Å². The van der Waals surface area contributed by atoms with Gasteiger partial charge in [-0.05, 0) is 31.5 Å². The monoisotopic (exact) mass is 280 g/mol. The summed E-state index contributed by atoms with van der Waals surface area (Å²) in [6.45, 7) is 5.55. The van der Waals surface area contributed by atoms with Crippen molar-refractivity contribution in [2.75, 3.05) is 11.4 Å². The third kappa shape index (κ3) is 4.99. The number of anilines is 1. The summed E-state index contributed by atoms with van der Waals surface area (Å²) in [6.07, 6.45) is 1.05. The molecule has 0 saturated carbocycles. The van der Waals surface area contributed by atoms with Crippen LogP contribution in [0.15, 0.2) is 24.3 Å². The smallest absolute Gasteiger partial charge is 0.223 e. The Morgan fingerprint density at radius 3 is 2.65 bits per heavy atom. The lowest BCUT2D eigenvalue weighted by atomic mass is 10.2. The molecule has 0 aromatic heterocycles. The number of carbonyl (C=O) groups excluding carboxylic acids is 2. The van der Waals surface area contributed by atoms with Gasteiger partial charge >= 0.3 is 0 Å². The van der Waals surface area contributed by atoms with E-state index in [1.807, 2.05) is 13.8 Å². The molecule has 4 nitrogen and oxygen atoms in total. The fourth-order valence-electron chi connectivity index (χ4n) is 1.77. The number of amides is 2. The Balaban J connectivity index is 2.65. The number of hydrogen-bond donors (Lipinski definition) is 1. The van der Waals surface area contributed by atoms with Crippen LogP contribution in [0.2, 0.25) is 0 Å². The van der Waals surface area contributed by atoms with E-state index in [-0.39, 0.29) is 30.8 Å². The summed E-state index contributed by atoms with van der Waals surface area (Å²) in [5, 5.41) is 2.84. The molecule has 1 rings (SSSR count). The lowest BCUT2D eigenvalue weighted by Crippen LogP contribution is -2.36. The highest BCUT2D eigenvalue weighted by atomic mass is 19.1. The van der Waals surface area contributed by atoms with Crippen molar-refractivity contribution in [3.8, 4) is 0 Å². The minimum Gasteiger partial charge on any atom is -0.354 e. The van der Waals surface area contributed by atoms with Gasteiger partial charge in [-0.2, -0.15) is 0 Å². The number of halogens is 1. The van der Waals surface area contributed by atoms with Crippen molar-refractivity contribution in [1.82, 2.24) is 5.32 Å². The summed E-state index contributed by atoms with van der Waals surface area (Å²) in [7, 11) is 0. The largest absolute Gasteiger partial charge is 0.354 e. The van der Waals surface area contributed by atoms with Crippen molar-refractivity contribution in [2.45, 2.75) is 39.7 Å². The first kappa shape index (κ1) is 16.1. The average Bonchev–Trinajstić information content (AvgIpc) is 2.38. The van der Waals surface area contributed by atoms with E-state index in [1.54, 1.807) is 12.1 Å². The number of hydrogen-bond acceptors (Lipinski definition) is 2. The highest BCUT2D eigenvalue weighted by Crippen LogP contribution is 2.16. The Labute approximate surface area is 119 Å². The molecule has 2 amide bonds. The third-order valence-corrected chi connectivity index (χ3v) is 3.08. The molecule has 0 spiro atoms. The van der Waals surface area contributed by atoms with Gasteiger partial charge in [-0.15, -0.1) is 0 Å². The topological polar surface area (TPSA) is 49.4 Å². The number of benzene rings is 1. The van der Waals surface area contributed by atoms with Gasteiger partial charge in [-0.25, -0.2) is 4.39 Å². The molecule has 0 fully saturated rings. The van der Waals surface area contributed by atoms with Crippen molar-refractivity contribution in [3.63, 3.8) is 0 Å². The molecule has 1 N–H and O–H groups in total. The molecule has 0 heterocycles. The second-order valence-corrected chi connectivity index (χ2v) is 4.78. The van der Waals surface area contributed by atoms with Gasteiger partial charge in [0.15, 0.2) is 0 Å². The SMILES string of the molecule is CCC(C)NC(=O)CCN(C(C)=O)c1cccc(F)c1. The quantitative estimate of drug-likeness (QED) is 0.870. The first-order chi connectivity index (χ1) is 9.43. The normalized spacial score (nSPS) is 11.8. The van der Waals surface area contributed by atoms with E-state index < -0.39 is 5.82 Å². The van der Waals surface area contributed by atoms with Crippen LogP contribution in [0.5, 0.6) is 0 Å². The molecule has 1 aromatic carbocycles. The van der Waals surface area contributed by atoms with E-state index in [2.05, 4.69) is 5.32 Å². The standard InChI is InChI=1S/C15H21FN2O2/c1-4-11(2)17-15(20)8-9-18(12(3)19)14-7-5-6-13(16)10-14/h5-7,10-11H,4,8-9H2,1-3H3,(H,17,20). The van der Waals surface area contributed by atoms with Crippen LogP contribution in [0.4, 0.5) is 10.1 Å². The molecule has 1 unspecified atom stereocenters. The van der Waals surface area contributed by atoms with E-state index in [4.69, 9.17) is 0 Å². The van der Waals surface area contributed by atoms with Crippen molar-refractivity contribution < 1.29 is 14.0 Å². The lowest BCUT2D eigenvalue weighted by Gasteiger charge is -2.21. The van der Waals surface area contributed by atoms with Gasteiger partial charge in [-0.3, -0.25) is 9.59 Å². The Bertz CT molecular complexity index is 477. The first-order valence-electron chi connectivity index (χ1n) is 6.77. The van der Waals surface area contributed by atoms with Gasteiger partial charge < -0.3 is 10.2 Å². The summed E-state index contributed by atoms with van der Waals surface area (Å²) >= 11 is 0. The number of carbonyl (C=O) groups is 2. The number of nitrogens with zero attached hydrogens (tertiary/aromatic N) is 1. The van der Waals surface area contributed by atoms with E-state index in [0.29, 0.717) is 5.69 Å². The molecule has 0 aliphatic rings. The zero-order valence-electron chi connectivity index (χ0n) is 12.1. The zero-order chi connectivity index (χ0) is 15.1. The van der Waals surface area contributed by atoms with E-state index >= 15 is 0 Å². The molecule has 0 aliphatic carbocycles. The van der Waals surface area contributed by atoms with Crippen molar-refractivity contribution in [2.24, 2.45) is 0 Å². The highest BCUT2D eigenvalue weighted by molar-refractivity contribution is 5.92. The number of rotatable bonds is 6. The van der Waals surface area contributed by atoms with Crippen molar-refractivity contribution >= 4 is 17.5 Å². The Hall–Kier alpha value is -1.91. The van der Waals surface area contributed by atoms with Crippen LogP contribution in [0, 0.1) is 5.82 Å². The summed E-state index contributed by atoms with van der Waals surface area (Å²) in [5.74, 6) is -0.730. The van der Waals surface area contributed by atoms with Crippen molar-refractivity contribution in [1.29, 1.82) is 0 Å². The molecule has 20 heavy (non-hydrogen) atoms. The Morgan fingerprint density at radius 1 is 1.40 bits per heavy atom. The predicted octanol–water partition coefficient (Wildman–Crippen LogP) is 2.48. The van der Waals surface area contributed by atoms with Gasteiger partial charge in [-0.1, -0.05) is 13.0 Å². The molecule has 0 bridgehead atoms. The maximum absolute atomic E-state index is 13.2. The zero-order valence-corrected chi connectivity index (χ0v) is 12.1. The fourth-order valence-corrected chi connectivity index (χ4v) is 1.77. The average molecular weight is 280 g/mol. The van der Waals surface area contributed by atoms with Crippen LogP contribution in [-0.2, 0) is 9.59 Å². The molecule has 1 atom stereocenters.